The van der Waals surface area contributed by atoms with E-state index in [2.05, 4.69) is 5.32 Å². The van der Waals surface area contributed by atoms with Crippen molar-refractivity contribution in [1.29, 1.82) is 0 Å². The molecule has 1 aliphatic rings. The lowest BCUT2D eigenvalue weighted by molar-refractivity contribution is -0.114. The topological polar surface area (TPSA) is 123 Å². The molecule has 0 aromatic heterocycles. The van der Waals surface area contributed by atoms with E-state index in [-0.39, 0.29) is 15.5 Å². The summed E-state index contributed by atoms with van der Waals surface area (Å²) in [7, 11) is -7.64. The normalized spacial score (nSPS) is 18.3. The average Bonchev–Trinajstić information content (AvgIpc) is 2.13. The summed E-state index contributed by atoms with van der Waals surface area (Å²) in [6.45, 7) is 0. The third-order valence-electron chi connectivity index (χ3n) is 2.21. The quantitative estimate of drug-likeness (QED) is 0.685. The maximum absolute atomic E-state index is 11.6. The number of rotatable bonds is 1. The molecule has 0 bridgehead atoms. The molecule has 1 amide bonds. The van der Waals surface area contributed by atoms with E-state index in [1.165, 1.54) is 0 Å². The van der Waals surface area contributed by atoms with Crippen molar-refractivity contribution in [2.75, 3.05) is 11.1 Å². The standard InChI is InChI=1S/C8H8N2O5S2/c9-17(14,15)5-1-2-7-6(3-5)10-8(11)4-16(7,12)13/h1-3H,4H2,(H,10,11)(H2,9,14,15). The Labute approximate surface area is 97.6 Å². The van der Waals surface area contributed by atoms with Crippen molar-refractivity contribution in [2.24, 2.45) is 5.14 Å². The maximum atomic E-state index is 11.6. The van der Waals surface area contributed by atoms with Crippen molar-refractivity contribution < 1.29 is 21.6 Å². The highest BCUT2D eigenvalue weighted by Crippen LogP contribution is 2.28. The first-order chi connectivity index (χ1) is 7.70. The minimum absolute atomic E-state index is 0.0622. The van der Waals surface area contributed by atoms with Gasteiger partial charge < -0.3 is 5.32 Å². The SMILES string of the molecule is NS(=O)(=O)c1ccc2c(c1)NC(=O)CS2(=O)=O. The number of hydrogen-bond acceptors (Lipinski definition) is 5. The van der Waals surface area contributed by atoms with Gasteiger partial charge in [0.15, 0.2) is 9.84 Å². The number of sulfonamides is 1. The molecule has 3 N–H and O–H groups in total. The Morgan fingerprint density at radius 2 is 1.94 bits per heavy atom. The van der Waals surface area contributed by atoms with Crippen molar-refractivity contribution in [3.63, 3.8) is 0 Å². The number of carbonyl (C=O) groups excluding carboxylic acids is 1. The molecule has 7 nitrogen and oxygen atoms in total. The molecule has 0 aliphatic carbocycles. The Morgan fingerprint density at radius 3 is 2.53 bits per heavy atom. The van der Waals surface area contributed by atoms with Crippen LogP contribution in [0.4, 0.5) is 5.69 Å². The van der Waals surface area contributed by atoms with Gasteiger partial charge in [0.2, 0.25) is 15.9 Å². The summed E-state index contributed by atoms with van der Waals surface area (Å²) >= 11 is 0. The Balaban J connectivity index is 2.70. The summed E-state index contributed by atoms with van der Waals surface area (Å²) < 4.78 is 45.4. The summed E-state index contributed by atoms with van der Waals surface area (Å²) in [5.41, 5.74) is -0.0622. The number of nitrogens with two attached hydrogens (primary N) is 1. The van der Waals surface area contributed by atoms with Gasteiger partial charge >= 0.3 is 0 Å². The van der Waals surface area contributed by atoms with Crippen LogP contribution in [0.2, 0.25) is 0 Å². The Bertz CT molecular complexity index is 705. The molecule has 0 saturated heterocycles. The molecule has 1 aromatic rings. The summed E-state index contributed by atoms with van der Waals surface area (Å²) in [6, 6.07) is 3.23. The highest BCUT2D eigenvalue weighted by molar-refractivity contribution is 7.92. The van der Waals surface area contributed by atoms with E-state index in [9.17, 15) is 21.6 Å². The third kappa shape index (κ3) is 2.16. The van der Waals surface area contributed by atoms with Gasteiger partial charge in [-0.1, -0.05) is 0 Å². The largest absolute Gasteiger partial charge is 0.324 e. The first kappa shape index (κ1) is 12.0. The Kier molecular flexibility index (Phi) is 2.49. The molecule has 0 atom stereocenters. The van der Waals surface area contributed by atoms with E-state index in [1.807, 2.05) is 0 Å². The molecule has 92 valence electrons. The summed E-state index contributed by atoms with van der Waals surface area (Å²) in [5.74, 6) is -1.35. The molecule has 0 unspecified atom stereocenters. The second-order valence-corrected chi connectivity index (χ2v) is 7.03. The van der Waals surface area contributed by atoms with Crippen LogP contribution in [-0.4, -0.2) is 28.5 Å². The van der Waals surface area contributed by atoms with Gasteiger partial charge in [-0.2, -0.15) is 0 Å². The molecule has 0 radical (unpaired) electrons. The number of fused-ring (bicyclic) bond motifs is 1. The van der Waals surface area contributed by atoms with Gasteiger partial charge in [-0.15, -0.1) is 0 Å². The van der Waals surface area contributed by atoms with Crippen LogP contribution in [-0.2, 0) is 24.7 Å². The molecular formula is C8H8N2O5S2. The maximum Gasteiger partial charge on any atom is 0.239 e. The van der Waals surface area contributed by atoms with Crippen LogP contribution in [0.3, 0.4) is 0 Å². The summed E-state index contributed by atoms with van der Waals surface area (Å²) in [5, 5.41) is 7.19. The van der Waals surface area contributed by atoms with Crippen LogP contribution >= 0.6 is 0 Å². The first-order valence-electron chi connectivity index (χ1n) is 4.40. The second-order valence-electron chi connectivity index (χ2n) is 3.51. The van der Waals surface area contributed by atoms with Crippen molar-refractivity contribution >= 4 is 31.5 Å². The number of amides is 1. The van der Waals surface area contributed by atoms with Gasteiger partial charge in [0.25, 0.3) is 0 Å². The lowest BCUT2D eigenvalue weighted by Crippen LogP contribution is -2.29. The fraction of sp³-hybridized carbons (Fsp3) is 0.125. The molecule has 0 fully saturated rings. The highest BCUT2D eigenvalue weighted by atomic mass is 32.2. The zero-order chi connectivity index (χ0) is 12.8. The van der Waals surface area contributed by atoms with Crippen molar-refractivity contribution in [3.05, 3.63) is 18.2 Å². The predicted molar refractivity (Wildman–Crippen MR) is 58.5 cm³/mol. The van der Waals surface area contributed by atoms with Gasteiger partial charge in [0.05, 0.1) is 15.5 Å². The van der Waals surface area contributed by atoms with Gasteiger partial charge in [0, 0.05) is 0 Å². The minimum Gasteiger partial charge on any atom is -0.324 e. The molecule has 1 heterocycles. The van der Waals surface area contributed by atoms with Crippen molar-refractivity contribution in [1.82, 2.24) is 0 Å². The van der Waals surface area contributed by atoms with Crippen LogP contribution in [0.15, 0.2) is 28.0 Å². The average molecular weight is 276 g/mol. The fourth-order valence-corrected chi connectivity index (χ4v) is 3.32. The molecular weight excluding hydrogens is 268 g/mol. The molecule has 1 aliphatic heterocycles. The van der Waals surface area contributed by atoms with Crippen LogP contribution in [0.1, 0.15) is 0 Å². The van der Waals surface area contributed by atoms with E-state index in [4.69, 9.17) is 5.14 Å². The molecule has 0 saturated carbocycles. The number of sulfone groups is 1. The highest BCUT2D eigenvalue weighted by Gasteiger charge is 2.29. The lowest BCUT2D eigenvalue weighted by Gasteiger charge is -2.17. The second kappa shape index (κ2) is 3.52. The smallest absolute Gasteiger partial charge is 0.239 e. The van der Waals surface area contributed by atoms with Crippen LogP contribution in [0, 0.1) is 0 Å². The first-order valence-corrected chi connectivity index (χ1v) is 7.59. The van der Waals surface area contributed by atoms with Gasteiger partial charge in [-0.05, 0) is 18.2 Å². The number of benzene rings is 1. The monoisotopic (exact) mass is 276 g/mol. The van der Waals surface area contributed by atoms with E-state index < -0.39 is 31.5 Å². The molecule has 1 aromatic carbocycles. The number of nitrogens with one attached hydrogen (secondary N) is 1. The minimum atomic E-state index is -3.94. The Morgan fingerprint density at radius 1 is 1.29 bits per heavy atom. The predicted octanol–water partition coefficient (Wildman–Crippen LogP) is -0.940. The zero-order valence-electron chi connectivity index (χ0n) is 8.37. The molecule has 0 spiro atoms. The van der Waals surface area contributed by atoms with Crippen LogP contribution < -0.4 is 10.5 Å². The molecule has 17 heavy (non-hydrogen) atoms. The van der Waals surface area contributed by atoms with E-state index >= 15 is 0 Å². The van der Waals surface area contributed by atoms with Crippen LogP contribution in [0.25, 0.3) is 0 Å². The number of primary sulfonamides is 1. The zero-order valence-corrected chi connectivity index (χ0v) is 10.0. The van der Waals surface area contributed by atoms with Gasteiger partial charge in [-0.3, -0.25) is 4.79 Å². The van der Waals surface area contributed by atoms with Crippen molar-refractivity contribution in [2.45, 2.75) is 9.79 Å². The summed E-state index contributed by atoms with van der Waals surface area (Å²) in [6.07, 6.45) is 0. The lowest BCUT2D eigenvalue weighted by atomic mass is 10.3. The molecule has 2 rings (SSSR count). The Hall–Kier alpha value is -1.45. The number of carbonyl (C=O) groups is 1. The van der Waals surface area contributed by atoms with Gasteiger partial charge in [-0.25, -0.2) is 22.0 Å². The molecule has 9 heteroatoms. The van der Waals surface area contributed by atoms with E-state index in [0.717, 1.165) is 18.2 Å². The summed E-state index contributed by atoms with van der Waals surface area (Å²) in [4.78, 5) is 10.8. The number of hydrogen-bond donors (Lipinski definition) is 2. The van der Waals surface area contributed by atoms with E-state index in [1.54, 1.807) is 0 Å². The van der Waals surface area contributed by atoms with E-state index in [0.29, 0.717) is 0 Å². The van der Waals surface area contributed by atoms with Gasteiger partial charge in [0.1, 0.15) is 5.75 Å². The third-order valence-corrected chi connectivity index (χ3v) is 4.79. The van der Waals surface area contributed by atoms with Crippen LogP contribution in [0.5, 0.6) is 0 Å². The number of anilines is 1. The fourth-order valence-electron chi connectivity index (χ4n) is 1.49. The van der Waals surface area contributed by atoms with Crippen molar-refractivity contribution in [3.8, 4) is 0 Å².